The van der Waals surface area contributed by atoms with E-state index in [1.165, 1.54) is 17.6 Å². The predicted molar refractivity (Wildman–Crippen MR) is 106 cm³/mol. The van der Waals surface area contributed by atoms with Gasteiger partial charge in [-0.1, -0.05) is 6.07 Å². The summed E-state index contributed by atoms with van der Waals surface area (Å²) in [6.45, 7) is 0.729. The zero-order valence-electron chi connectivity index (χ0n) is 15.6. The molecule has 2 aromatic heterocycles. The number of nitrogens with one attached hydrogen (secondary N) is 2. The van der Waals surface area contributed by atoms with Crippen LogP contribution < -0.4 is 20.1 Å². The monoisotopic (exact) mass is 402 g/mol. The van der Waals surface area contributed by atoms with Crippen molar-refractivity contribution in [2.45, 2.75) is 19.2 Å². The Bertz CT molecular complexity index is 907. The van der Waals surface area contributed by atoms with Gasteiger partial charge in [0.1, 0.15) is 11.9 Å². The molecular weight excluding hydrogens is 380 g/mol. The average molecular weight is 402 g/mol. The highest BCUT2D eigenvalue weighted by atomic mass is 32.1. The van der Waals surface area contributed by atoms with E-state index in [9.17, 15) is 9.90 Å². The van der Waals surface area contributed by atoms with Crippen LogP contribution in [0.25, 0.3) is 0 Å². The fourth-order valence-corrected chi connectivity index (χ4v) is 3.57. The van der Waals surface area contributed by atoms with Crippen molar-refractivity contribution in [2.24, 2.45) is 0 Å². The molecule has 0 aliphatic heterocycles. The number of carbonyl (C=O) groups excluding carboxylic acids is 1. The number of benzene rings is 1. The van der Waals surface area contributed by atoms with Crippen LogP contribution in [-0.4, -0.2) is 25.4 Å². The van der Waals surface area contributed by atoms with E-state index in [1.54, 1.807) is 32.4 Å². The van der Waals surface area contributed by atoms with Crippen LogP contribution >= 0.6 is 11.3 Å². The molecule has 0 fully saturated rings. The predicted octanol–water partition coefficient (Wildman–Crippen LogP) is 3.44. The number of aliphatic hydroxyl groups excluding tert-OH is 1. The Kier molecular flexibility index (Phi) is 6.57. The smallest absolute Gasteiger partial charge is 0.315 e. The number of urea groups is 1. The van der Waals surface area contributed by atoms with Gasteiger partial charge in [0.05, 0.1) is 27.0 Å². The number of furan rings is 1. The van der Waals surface area contributed by atoms with Gasteiger partial charge in [0.15, 0.2) is 11.5 Å². The van der Waals surface area contributed by atoms with Crippen molar-refractivity contribution in [3.8, 4) is 11.5 Å². The van der Waals surface area contributed by atoms with Crippen LogP contribution in [0.4, 0.5) is 4.79 Å². The number of ether oxygens (including phenoxy) is 2. The van der Waals surface area contributed by atoms with Gasteiger partial charge in [-0.2, -0.15) is 0 Å². The molecule has 8 heteroatoms. The van der Waals surface area contributed by atoms with Crippen LogP contribution in [0.3, 0.4) is 0 Å². The summed E-state index contributed by atoms with van der Waals surface area (Å²) in [4.78, 5) is 13.8. The maximum atomic E-state index is 12.1. The molecule has 1 unspecified atom stereocenters. The summed E-state index contributed by atoms with van der Waals surface area (Å²) in [7, 11) is 3.15. The lowest BCUT2D eigenvalue weighted by Crippen LogP contribution is -2.34. The van der Waals surface area contributed by atoms with E-state index in [1.807, 2.05) is 24.3 Å². The zero-order valence-corrected chi connectivity index (χ0v) is 16.4. The molecule has 0 saturated carbocycles. The summed E-state index contributed by atoms with van der Waals surface area (Å²) in [6.07, 6.45) is 0.727. The molecule has 2 amide bonds. The number of amides is 2. The first-order chi connectivity index (χ1) is 13.6. The van der Waals surface area contributed by atoms with E-state index in [4.69, 9.17) is 13.9 Å². The molecule has 0 bridgehead atoms. The summed E-state index contributed by atoms with van der Waals surface area (Å²) in [5.41, 5.74) is 0.896. The van der Waals surface area contributed by atoms with Crippen LogP contribution in [0.2, 0.25) is 0 Å². The average Bonchev–Trinajstić information content (AvgIpc) is 3.42. The Morgan fingerprint density at radius 1 is 1.11 bits per heavy atom. The molecule has 3 N–H and O–H groups in total. The van der Waals surface area contributed by atoms with Crippen molar-refractivity contribution in [2.75, 3.05) is 14.2 Å². The molecule has 0 radical (unpaired) electrons. The third-order valence-corrected chi connectivity index (χ3v) is 5.23. The lowest BCUT2D eigenvalue weighted by Gasteiger charge is -2.11. The Labute approximate surface area is 166 Å². The van der Waals surface area contributed by atoms with Gasteiger partial charge in [0, 0.05) is 16.3 Å². The molecule has 3 aromatic rings. The molecule has 1 aromatic carbocycles. The highest BCUT2D eigenvalue weighted by molar-refractivity contribution is 7.12. The second kappa shape index (κ2) is 9.29. The minimum atomic E-state index is -0.798. The van der Waals surface area contributed by atoms with Gasteiger partial charge in [-0.25, -0.2) is 4.79 Å². The normalized spacial score (nSPS) is 11.7. The molecule has 7 nitrogen and oxygen atoms in total. The van der Waals surface area contributed by atoms with Gasteiger partial charge in [0.2, 0.25) is 0 Å². The Morgan fingerprint density at radius 3 is 2.61 bits per heavy atom. The molecule has 0 aliphatic rings. The molecule has 0 saturated heterocycles. The standard InChI is InChI=1S/C20H22N2O5S/c1-25-15-7-5-13(10-17(15)26-2)11-21-20(24)22-12-14-6-8-18(28-14)19(23)16-4-3-9-27-16/h3-10,19,23H,11-12H2,1-2H3,(H2,21,22,24). The number of hydrogen-bond acceptors (Lipinski definition) is 6. The first-order valence-corrected chi connectivity index (χ1v) is 9.45. The number of hydrogen-bond donors (Lipinski definition) is 3. The van der Waals surface area contributed by atoms with Crippen molar-refractivity contribution in [1.29, 1.82) is 0 Å². The second-order valence-electron chi connectivity index (χ2n) is 5.95. The number of methoxy groups -OCH3 is 2. The van der Waals surface area contributed by atoms with Gasteiger partial charge in [0.25, 0.3) is 0 Å². The minimum Gasteiger partial charge on any atom is -0.493 e. The number of carbonyl (C=O) groups is 1. The van der Waals surface area contributed by atoms with E-state index >= 15 is 0 Å². The fourth-order valence-electron chi connectivity index (χ4n) is 2.63. The minimum absolute atomic E-state index is 0.281. The van der Waals surface area contributed by atoms with Crippen LogP contribution in [0.5, 0.6) is 11.5 Å². The van der Waals surface area contributed by atoms with Crippen molar-refractivity contribution in [3.05, 3.63) is 69.8 Å². The summed E-state index contributed by atoms with van der Waals surface area (Å²) in [5.74, 6) is 1.75. The van der Waals surface area contributed by atoms with E-state index in [0.717, 1.165) is 15.3 Å². The third kappa shape index (κ3) is 4.85. The molecule has 2 heterocycles. The summed E-state index contributed by atoms with van der Waals surface area (Å²) in [6, 6.07) is 12.4. The number of aliphatic hydroxyl groups is 1. The highest BCUT2D eigenvalue weighted by Crippen LogP contribution is 2.29. The number of rotatable bonds is 8. The summed E-state index contributed by atoms with van der Waals surface area (Å²) in [5, 5.41) is 15.9. The van der Waals surface area contributed by atoms with Crippen molar-refractivity contribution in [3.63, 3.8) is 0 Å². The topological polar surface area (TPSA) is 93.0 Å². The first kappa shape index (κ1) is 19.8. The van der Waals surface area contributed by atoms with E-state index < -0.39 is 6.10 Å². The fraction of sp³-hybridized carbons (Fsp3) is 0.250. The van der Waals surface area contributed by atoms with Gasteiger partial charge in [-0.05, 0) is 42.0 Å². The summed E-state index contributed by atoms with van der Waals surface area (Å²) >= 11 is 1.42. The lowest BCUT2D eigenvalue weighted by atomic mass is 10.2. The quantitative estimate of drug-likeness (QED) is 0.537. The summed E-state index contributed by atoms with van der Waals surface area (Å²) < 4.78 is 15.7. The first-order valence-electron chi connectivity index (χ1n) is 8.63. The van der Waals surface area contributed by atoms with Crippen molar-refractivity contribution < 1.29 is 23.8 Å². The van der Waals surface area contributed by atoms with Crippen molar-refractivity contribution >= 4 is 17.4 Å². The van der Waals surface area contributed by atoms with Gasteiger partial charge in [-0.3, -0.25) is 0 Å². The Morgan fingerprint density at radius 2 is 1.89 bits per heavy atom. The number of thiophene rings is 1. The lowest BCUT2D eigenvalue weighted by molar-refractivity contribution is 0.193. The zero-order chi connectivity index (χ0) is 19.9. The van der Waals surface area contributed by atoms with Crippen LogP contribution in [0, 0.1) is 0 Å². The Hall–Kier alpha value is -2.97. The van der Waals surface area contributed by atoms with E-state index in [2.05, 4.69) is 10.6 Å². The molecule has 0 aliphatic carbocycles. The van der Waals surface area contributed by atoms with Gasteiger partial charge < -0.3 is 29.6 Å². The van der Waals surface area contributed by atoms with Gasteiger partial charge in [-0.15, -0.1) is 11.3 Å². The Balaban J connectivity index is 1.48. The van der Waals surface area contributed by atoms with Crippen LogP contribution in [0.1, 0.15) is 27.2 Å². The second-order valence-corrected chi connectivity index (χ2v) is 7.15. The van der Waals surface area contributed by atoms with Crippen LogP contribution in [0.15, 0.2) is 53.1 Å². The van der Waals surface area contributed by atoms with E-state index in [-0.39, 0.29) is 6.03 Å². The van der Waals surface area contributed by atoms with Crippen molar-refractivity contribution in [1.82, 2.24) is 10.6 Å². The van der Waals surface area contributed by atoms with Gasteiger partial charge >= 0.3 is 6.03 Å². The third-order valence-electron chi connectivity index (χ3n) is 4.09. The molecule has 0 spiro atoms. The maximum absolute atomic E-state index is 12.1. The molecule has 28 heavy (non-hydrogen) atoms. The van der Waals surface area contributed by atoms with E-state index in [0.29, 0.717) is 30.3 Å². The SMILES string of the molecule is COc1ccc(CNC(=O)NCc2ccc(C(O)c3ccco3)s2)cc1OC. The molecule has 1 atom stereocenters. The molecule has 3 rings (SSSR count). The maximum Gasteiger partial charge on any atom is 0.315 e. The molecule has 148 valence electrons. The van der Waals surface area contributed by atoms with Crippen LogP contribution in [-0.2, 0) is 13.1 Å². The largest absolute Gasteiger partial charge is 0.493 e. The molecular formula is C20H22N2O5S. The highest BCUT2D eigenvalue weighted by Gasteiger charge is 2.15.